The molecule has 0 saturated heterocycles. The van der Waals surface area contributed by atoms with Gasteiger partial charge in [-0.15, -0.1) is 0 Å². The number of ether oxygens (including phenoxy) is 1. The lowest BCUT2D eigenvalue weighted by Crippen LogP contribution is -2.47. The average Bonchev–Trinajstić information content (AvgIpc) is 2.81. The third-order valence-corrected chi connectivity index (χ3v) is 7.10. The van der Waals surface area contributed by atoms with Crippen LogP contribution in [0.4, 0.5) is 5.69 Å². The van der Waals surface area contributed by atoms with Crippen molar-refractivity contribution in [3.05, 3.63) is 58.6 Å². The second-order valence-electron chi connectivity index (χ2n) is 8.08. The van der Waals surface area contributed by atoms with Crippen molar-refractivity contribution in [1.29, 1.82) is 0 Å². The third-order valence-electron chi connectivity index (χ3n) is 5.37. The summed E-state index contributed by atoms with van der Waals surface area (Å²) in [5.74, 6) is 0.208. The lowest BCUT2D eigenvalue weighted by atomic mass is 10.1. The number of hydrogen-bond donors (Lipinski definition) is 1. The van der Waals surface area contributed by atoms with Gasteiger partial charge in [-0.1, -0.05) is 28.1 Å². The Bertz CT molecular complexity index is 1080. The van der Waals surface area contributed by atoms with Crippen molar-refractivity contribution in [2.45, 2.75) is 46.2 Å². The van der Waals surface area contributed by atoms with Crippen LogP contribution in [0.2, 0.25) is 0 Å². The number of benzene rings is 2. The van der Waals surface area contributed by atoms with E-state index in [4.69, 9.17) is 4.74 Å². The number of carbonyl (C=O) groups excluding carboxylic acids is 2. The average molecular weight is 569 g/mol. The van der Waals surface area contributed by atoms with E-state index in [0.29, 0.717) is 31.0 Å². The van der Waals surface area contributed by atoms with E-state index in [-0.39, 0.29) is 31.3 Å². The molecule has 2 aromatic carbocycles. The van der Waals surface area contributed by atoms with Gasteiger partial charge in [-0.2, -0.15) is 0 Å². The molecule has 0 spiro atoms. The monoisotopic (exact) mass is 567 g/mol. The summed E-state index contributed by atoms with van der Waals surface area (Å²) < 4.78 is 32.5. The van der Waals surface area contributed by atoms with Crippen LogP contribution in [0, 0.1) is 0 Å². The van der Waals surface area contributed by atoms with Gasteiger partial charge in [0.15, 0.2) is 0 Å². The van der Waals surface area contributed by atoms with E-state index in [1.807, 2.05) is 38.1 Å². The number of nitrogens with zero attached hydrogens (tertiary/aromatic N) is 2. The van der Waals surface area contributed by atoms with Gasteiger partial charge in [-0.05, 0) is 69.2 Å². The Morgan fingerprint density at radius 3 is 2.23 bits per heavy atom. The number of nitrogens with one attached hydrogen (secondary N) is 1. The number of likely N-dealkylation sites (N-methyl/N-ethyl adjacent to an activating group) is 1. The molecule has 0 saturated carbocycles. The van der Waals surface area contributed by atoms with Gasteiger partial charge in [0.1, 0.15) is 11.8 Å². The van der Waals surface area contributed by atoms with Gasteiger partial charge in [0.2, 0.25) is 21.8 Å². The first-order chi connectivity index (χ1) is 16.6. The van der Waals surface area contributed by atoms with Crippen molar-refractivity contribution in [3.8, 4) is 5.75 Å². The minimum Gasteiger partial charge on any atom is -0.494 e. The fourth-order valence-corrected chi connectivity index (χ4v) is 4.80. The number of hydrogen-bond acceptors (Lipinski definition) is 5. The van der Waals surface area contributed by atoms with Crippen LogP contribution >= 0.6 is 15.9 Å². The van der Waals surface area contributed by atoms with E-state index in [9.17, 15) is 18.0 Å². The maximum Gasteiger partial charge on any atom is 0.242 e. The SMILES string of the molecule is CCNC(=O)C(C)N(Cc1ccc(Br)cc1)C(=O)CCCN(c1ccc(OCC)cc1)S(C)(=O)=O. The molecule has 0 aromatic heterocycles. The van der Waals surface area contributed by atoms with Gasteiger partial charge in [-0.25, -0.2) is 8.42 Å². The summed E-state index contributed by atoms with van der Waals surface area (Å²) in [5, 5.41) is 2.77. The van der Waals surface area contributed by atoms with Crippen LogP contribution in [0.1, 0.15) is 39.2 Å². The molecule has 1 N–H and O–H groups in total. The van der Waals surface area contributed by atoms with Gasteiger partial charge in [0.05, 0.1) is 18.6 Å². The standard InChI is InChI=1S/C25H34BrN3O5S/c1-5-27-25(31)19(3)28(18-20-9-11-21(26)12-10-20)24(30)8-7-17-29(35(4,32)33)22-13-15-23(16-14-22)34-6-2/h9-16,19H,5-8,17-18H2,1-4H3,(H,27,31). The summed E-state index contributed by atoms with van der Waals surface area (Å²) >= 11 is 3.40. The van der Waals surface area contributed by atoms with E-state index < -0.39 is 16.1 Å². The number of amides is 2. The Balaban J connectivity index is 2.13. The van der Waals surface area contributed by atoms with Crippen molar-refractivity contribution >= 4 is 43.5 Å². The van der Waals surface area contributed by atoms with Crippen LogP contribution in [0.5, 0.6) is 5.75 Å². The molecule has 2 rings (SSSR count). The molecule has 10 heteroatoms. The number of anilines is 1. The van der Waals surface area contributed by atoms with E-state index in [0.717, 1.165) is 16.3 Å². The summed E-state index contributed by atoms with van der Waals surface area (Å²) in [4.78, 5) is 27.2. The number of halogens is 1. The lowest BCUT2D eigenvalue weighted by Gasteiger charge is -2.29. The second-order valence-corrected chi connectivity index (χ2v) is 10.9. The zero-order valence-electron chi connectivity index (χ0n) is 20.7. The summed E-state index contributed by atoms with van der Waals surface area (Å²) in [6.07, 6.45) is 1.55. The highest BCUT2D eigenvalue weighted by molar-refractivity contribution is 9.10. The Labute approximate surface area is 216 Å². The van der Waals surface area contributed by atoms with Crippen molar-refractivity contribution < 1.29 is 22.7 Å². The van der Waals surface area contributed by atoms with Crippen LogP contribution in [0.25, 0.3) is 0 Å². The first kappa shape index (κ1) is 28.6. The van der Waals surface area contributed by atoms with Gasteiger partial charge in [-0.3, -0.25) is 13.9 Å². The number of carbonyl (C=O) groups is 2. The molecular weight excluding hydrogens is 534 g/mol. The van der Waals surface area contributed by atoms with Gasteiger partial charge in [0, 0.05) is 30.5 Å². The molecule has 0 heterocycles. The molecule has 0 aliphatic rings. The molecule has 0 aliphatic carbocycles. The largest absolute Gasteiger partial charge is 0.494 e. The zero-order valence-corrected chi connectivity index (χ0v) is 23.1. The Hall–Kier alpha value is -2.59. The molecule has 192 valence electrons. The van der Waals surface area contributed by atoms with Gasteiger partial charge < -0.3 is 15.0 Å². The Kier molecular flexibility index (Phi) is 11.0. The molecule has 0 fully saturated rings. The molecular formula is C25H34BrN3O5S. The Morgan fingerprint density at radius 2 is 1.69 bits per heavy atom. The maximum absolute atomic E-state index is 13.2. The number of sulfonamides is 1. The van der Waals surface area contributed by atoms with Crippen molar-refractivity contribution in [2.24, 2.45) is 0 Å². The molecule has 35 heavy (non-hydrogen) atoms. The van der Waals surface area contributed by atoms with E-state index in [1.54, 1.807) is 31.2 Å². The zero-order chi connectivity index (χ0) is 26.0. The number of rotatable bonds is 13. The third kappa shape index (κ3) is 8.85. The van der Waals surface area contributed by atoms with Crippen LogP contribution in [-0.2, 0) is 26.2 Å². The predicted octanol–water partition coefficient (Wildman–Crippen LogP) is 3.95. The normalized spacial score (nSPS) is 12.0. The molecule has 8 nitrogen and oxygen atoms in total. The molecule has 1 atom stereocenters. The first-order valence-electron chi connectivity index (χ1n) is 11.6. The van der Waals surface area contributed by atoms with E-state index in [2.05, 4.69) is 21.2 Å². The molecule has 2 amide bonds. The molecule has 1 unspecified atom stereocenters. The topological polar surface area (TPSA) is 96.0 Å². The molecule has 0 bridgehead atoms. The highest BCUT2D eigenvalue weighted by Crippen LogP contribution is 2.23. The maximum atomic E-state index is 13.2. The van der Waals surface area contributed by atoms with Crippen LogP contribution in [-0.4, -0.2) is 57.1 Å². The minimum atomic E-state index is -3.55. The summed E-state index contributed by atoms with van der Waals surface area (Å²) in [6.45, 7) is 6.80. The highest BCUT2D eigenvalue weighted by Gasteiger charge is 2.26. The van der Waals surface area contributed by atoms with Gasteiger partial charge >= 0.3 is 0 Å². The summed E-state index contributed by atoms with van der Waals surface area (Å²) in [6, 6.07) is 13.7. The minimum absolute atomic E-state index is 0.101. The predicted molar refractivity (Wildman–Crippen MR) is 142 cm³/mol. The van der Waals surface area contributed by atoms with Gasteiger partial charge in [0.25, 0.3) is 0 Å². The summed E-state index contributed by atoms with van der Waals surface area (Å²) in [7, 11) is -3.55. The first-order valence-corrected chi connectivity index (χ1v) is 14.2. The fourth-order valence-electron chi connectivity index (χ4n) is 3.57. The highest BCUT2D eigenvalue weighted by atomic mass is 79.9. The quantitative estimate of drug-likeness (QED) is 0.395. The molecule has 0 aliphatic heterocycles. The smallest absolute Gasteiger partial charge is 0.242 e. The lowest BCUT2D eigenvalue weighted by molar-refractivity contribution is -0.140. The molecule has 0 radical (unpaired) electrons. The van der Waals surface area contributed by atoms with Crippen molar-refractivity contribution in [2.75, 3.05) is 30.3 Å². The fraction of sp³-hybridized carbons (Fsp3) is 0.440. The van der Waals surface area contributed by atoms with E-state index in [1.165, 1.54) is 9.21 Å². The van der Waals surface area contributed by atoms with Crippen molar-refractivity contribution in [1.82, 2.24) is 10.2 Å². The Morgan fingerprint density at radius 1 is 1.06 bits per heavy atom. The van der Waals surface area contributed by atoms with Crippen LogP contribution in [0.15, 0.2) is 53.0 Å². The van der Waals surface area contributed by atoms with Crippen LogP contribution < -0.4 is 14.4 Å². The molecule has 2 aromatic rings. The van der Waals surface area contributed by atoms with E-state index >= 15 is 0 Å². The summed E-state index contributed by atoms with van der Waals surface area (Å²) in [5.41, 5.74) is 1.40. The van der Waals surface area contributed by atoms with Crippen LogP contribution in [0.3, 0.4) is 0 Å². The second kappa shape index (κ2) is 13.5. The van der Waals surface area contributed by atoms with Crippen molar-refractivity contribution in [3.63, 3.8) is 0 Å².